The van der Waals surface area contributed by atoms with E-state index in [9.17, 15) is 8.42 Å². The standard InChI is InChI=1S/C14H19ClN2O2S2/c1-13(2)12(14(13,3)4)17-21(18,19)8-5-6-9(11(16)20)10(15)7-8/h5-7,12,17H,1-4H3,(H2,16,20). The highest BCUT2D eigenvalue weighted by Crippen LogP contribution is 2.62. The minimum Gasteiger partial charge on any atom is -0.389 e. The first kappa shape index (κ1) is 16.7. The summed E-state index contributed by atoms with van der Waals surface area (Å²) in [6.07, 6.45) is 0. The lowest BCUT2D eigenvalue weighted by molar-refractivity contribution is 0.457. The lowest BCUT2D eigenvalue weighted by atomic mass is 10.0. The van der Waals surface area contributed by atoms with Crippen LogP contribution in [0.1, 0.15) is 33.3 Å². The summed E-state index contributed by atoms with van der Waals surface area (Å²) in [7, 11) is -3.62. The number of benzene rings is 1. The first-order valence-electron chi connectivity index (χ1n) is 6.53. The van der Waals surface area contributed by atoms with E-state index >= 15 is 0 Å². The van der Waals surface area contributed by atoms with Gasteiger partial charge in [0.15, 0.2) is 0 Å². The summed E-state index contributed by atoms with van der Waals surface area (Å²) in [5.74, 6) is 0. The van der Waals surface area contributed by atoms with Gasteiger partial charge in [0.2, 0.25) is 10.0 Å². The summed E-state index contributed by atoms with van der Waals surface area (Å²) in [5, 5.41) is 0.236. The third-order valence-electron chi connectivity index (χ3n) is 4.81. The molecule has 21 heavy (non-hydrogen) atoms. The monoisotopic (exact) mass is 346 g/mol. The number of nitrogens with two attached hydrogens (primary N) is 1. The fourth-order valence-corrected chi connectivity index (χ4v) is 4.71. The number of nitrogens with one attached hydrogen (secondary N) is 1. The van der Waals surface area contributed by atoms with Gasteiger partial charge in [0.25, 0.3) is 0 Å². The van der Waals surface area contributed by atoms with Crippen LogP contribution in [0.3, 0.4) is 0 Å². The smallest absolute Gasteiger partial charge is 0.240 e. The summed E-state index contributed by atoms with van der Waals surface area (Å²) in [6, 6.07) is 4.26. The molecule has 0 radical (unpaired) electrons. The summed E-state index contributed by atoms with van der Waals surface area (Å²) in [5.41, 5.74) is 5.83. The molecule has 0 bridgehead atoms. The molecule has 2 rings (SSSR count). The number of rotatable bonds is 4. The Kier molecular flexibility index (Phi) is 3.90. The van der Waals surface area contributed by atoms with Crippen molar-refractivity contribution in [2.45, 2.75) is 38.6 Å². The molecule has 0 saturated heterocycles. The summed E-state index contributed by atoms with van der Waals surface area (Å²) in [4.78, 5) is 0.257. The molecule has 0 atom stereocenters. The molecular formula is C14H19ClN2O2S2. The van der Waals surface area contributed by atoms with Crippen molar-refractivity contribution in [3.8, 4) is 0 Å². The Morgan fingerprint density at radius 1 is 1.29 bits per heavy atom. The van der Waals surface area contributed by atoms with Crippen LogP contribution in [0.25, 0.3) is 0 Å². The number of halogens is 1. The van der Waals surface area contributed by atoms with Crippen LogP contribution in [0.15, 0.2) is 23.1 Å². The highest BCUT2D eigenvalue weighted by Gasteiger charge is 2.66. The third-order valence-corrected chi connectivity index (χ3v) is 6.76. The van der Waals surface area contributed by atoms with Crippen LogP contribution in [0.4, 0.5) is 0 Å². The van der Waals surface area contributed by atoms with Crippen LogP contribution >= 0.6 is 23.8 Å². The van der Waals surface area contributed by atoms with E-state index in [1.165, 1.54) is 18.2 Å². The van der Waals surface area contributed by atoms with Crippen molar-refractivity contribution < 1.29 is 8.42 Å². The van der Waals surface area contributed by atoms with Crippen molar-refractivity contribution in [2.24, 2.45) is 16.6 Å². The van der Waals surface area contributed by atoms with Gasteiger partial charge in [-0.3, -0.25) is 0 Å². The van der Waals surface area contributed by atoms with Crippen LogP contribution in [-0.2, 0) is 10.0 Å². The van der Waals surface area contributed by atoms with E-state index in [1.807, 2.05) is 27.7 Å². The Morgan fingerprint density at radius 3 is 2.19 bits per heavy atom. The van der Waals surface area contributed by atoms with Crippen molar-refractivity contribution in [3.05, 3.63) is 28.8 Å². The maximum Gasteiger partial charge on any atom is 0.240 e. The molecule has 0 heterocycles. The third kappa shape index (κ3) is 2.70. The molecule has 1 aromatic carbocycles. The van der Waals surface area contributed by atoms with Gasteiger partial charge in [0, 0.05) is 11.6 Å². The average molecular weight is 347 g/mol. The fourth-order valence-electron chi connectivity index (χ4n) is 2.58. The first-order valence-corrected chi connectivity index (χ1v) is 8.80. The van der Waals surface area contributed by atoms with Gasteiger partial charge in [-0.1, -0.05) is 51.5 Å². The van der Waals surface area contributed by atoms with E-state index in [0.717, 1.165) is 0 Å². The van der Waals surface area contributed by atoms with E-state index in [4.69, 9.17) is 29.6 Å². The predicted octanol–water partition coefficient (Wildman–Crippen LogP) is 2.69. The SMILES string of the molecule is CC1(C)C(NS(=O)(=O)c2ccc(C(N)=S)c(Cl)c2)C1(C)C. The Balaban J connectivity index is 2.30. The van der Waals surface area contributed by atoms with Crippen LogP contribution in [0.2, 0.25) is 5.02 Å². The van der Waals surface area contributed by atoms with Crippen molar-refractivity contribution >= 4 is 38.8 Å². The molecule has 1 saturated carbocycles. The van der Waals surface area contributed by atoms with E-state index < -0.39 is 10.0 Å². The van der Waals surface area contributed by atoms with Gasteiger partial charge >= 0.3 is 0 Å². The van der Waals surface area contributed by atoms with Gasteiger partial charge < -0.3 is 5.73 Å². The van der Waals surface area contributed by atoms with Crippen LogP contribution in [0.5, 0.6) is 0 Å². The van der Waals surface area contributed by atoms with E-state index in [0.29, 0.717) is 5.56 Å². The fraction of sp³-hybridized carbons (Fsp3) is 0.500. The molecule has 1 aliphatic rings. The van der Waals surface area contributed by atoms with Gasteiger partial charge in [-0.25, -0.2) is 13.1 Å². The second-order valence-corrected chi connectivity index (χ2v) is 9.06. The lowest BCUT2D eigenvalue weighted by Gasteiger charge is -2.10. The predicted molar refractivity (Wildman–Crippen MR) is 89.0 cm³/mol. The number of hydrogen-bond acceptors (Lipinski definition) is 3. The maximum absolute atomic E-state index is 12.5. The quantitative estimate of drug-likeness (QED) is 0.822. The van der Waals surface area contributed by atoms with Crippen molar-refractivity contribution in [1.29, 1.82) is 0 Å². The van der Waals surface area contributed by atoms with Gasteiger partial charge in [0.1, 0.15) is 4.99 Å². The molecule has 0 aliphatic heterocycles. The highest BCUT2D eigenvalue weighted by atomic mass is 35.5. The second kappa shape index (κ2) is 4.91. The molecule has 0 amide bonds. The molecule has 1 aliphatic carbocycles. The van der Waals surface area contributed by atoms with Crippen molar-refractivity contribution in [1.82, 2.24) is 4.72 Å². The Morgan fingerprint density at radius 2 is 1.81 bits per heavy atom. The second-order valence-electron chi connectivity index (χ2n) is 6.50. The molecule has 0 unspecified atom stereocenters. The van der Waals surface area contributed by atoms with Crippen molar-refractivity contribution in [2.75, 3.05) is 0 Å². The van der Waals surface area contributed by atoms with E-state index in [2.05, 4.69) is 4.72 Å². The van der Waals surface area contributed by atoms with Crippen LogP contribution < -0.4 is 10.5 Å². The number of sulfonamides is 1. The van der Waals surface area contributed by atoms with E-state index in [1.54, 1.807) is 0 Å². The minimum atomic E-state index is -3.62. The average Bonchev–Trinajstić information content (AvgIpc) is 2.70. The van der Waals surface area contributed by atoms with Gasteiger partial charge in [-0.2, -0.15) is 0 Å². The molecule has 4 nitrogen and oxygen atoms in total. The first-order chi connectivity index (χ1) is 9.41. The maximum atomic E-state index is 12.5. The van der Waals surface area contributed by atoms with Gasteiger partial charge in [-0.05, 0) is 29.0 Å². The molecule has 0 aromatic heterocycles. The van der Waals surface area contributed by atoms with Crippen LogP contribution in [0, 0.1) is 10.8 Å². The number of thiocarbonyl (C=S) groups is 1. The molecular weight excluding hydrogens is 328 g/mol. The largest absolute Gasteiger partial charge is 0.389 e. The van der Waals surface area contributed by atoms with Crippen molar-refractivity contribution in [3.63, 3.8) is 0 Å². The normalized spacial score (nSPS) is 20.2. The zero-order chi connectivity index (χ0) is 16.2. The highest BCUT2D eigenvalue weighted by molar-refractivity contribution is 7.89. The summed E-state index contributed by atoms with van der Waals surface area (Å²) < 4.78 is 27.7. The molecule has 3 N–H and O–H groups in total. The molecule has 0 spiro atoms. The molecule has 116 valence electrons. The molecule has 7 heteroatoms. The molecule has 1 aromatic rings. The van der Waals surface area contributed by atoms with Gasteiger partial charge in [-0.15, -0.1) is 0 Å². The van der Waals surface area contributed by atoms with E-state index in [-0.39, 0.29) is 31.8 Å². The topological polar surface area (TPSA) is 72.2 Å². The summed E-state index contributed by atoms with van der Waals surface area (Å²) in [6.45, 7) is 8.18. The Labute approximate surface area is 136 Å². The Hall–Kier alpha value is -0.690. The molecule has 1 fully saturated rings. The zero-order valence-corrected chi connectivity index (χ0v) is 14.8. The Bertz CT molecular complexity index is 698. The lowest BCUT2D eigenvalue weighted by Crippen LogP contribution is -2.30. The summed E-state index contributed by atoms with van der Waals surface area (Å²) >= 11 is 10.9. The minimum absolute atomic E-state index is 0.0807. The zero-order valence-electron chi connectivity index (χ0n) is 12.4. The van der Waals surface area contributed by atoms with Gasteiger partial charge in [0.05, 0.1) is 9.92 Å². The van der Waals surface area contributed by atoms with Crippen LogP contribution in [-0.4, -0.2) is 19.4 Å². The number of hydrogen-bond donors (Lipinski definition) is 2.